The van der Waals surface area contributed by atoms with Crippen molar-refractivity contribution in [3.63, 3.8) is 0 Å². The number of benzene rings is 1. The molecule has 0 fully saturated rings. The van der Waals surface area contributed by atoms with Gasteiger partial charge in [-0.05, 0) is 18.4 Å². The van der Waals surface area contributed by atoms with E-state index in [0.29, 0.717) is 0 Å². The second-order valence-electron chi connectivity index (χ2n) is 3.25. The van der Waals surface area contributed by atoms with Gasteiger partial charge in [0.15, 0.2) is 0 Å². The Hall–Kier alpha value is -1.64. The van der Waals surface area contributed by atoms with Crippen molar-refractivity contribution in [2.45, 2.75) is 19.4 Å². The highest BCUT2D eigenvalue weighted by molar-refractivity contribution is 5.14. The first kappa shape index (κ1) is 8.94. The molecule has 0 bridgehead atoms. The normalized spacial score (nSPS) is 10.3. The Morgan fingerprint density at radius 1 is 1.14 bits per heavy atom. The lowest BCUT2D eigenvalue weighted by Gasteiger charge is -2.00. The summed E-state index contributed by atoms with van der Waals surface area (Å²) in [5, 5.41) is 4.05. The summed E-state index contributed by atoms with van der Waals surface area (Å²) in [4.78, 5) is 3.90. The van der Waals surface area contributed by atoms with Crippen molar-refractivity contribution in [3.8, 4) is 0 Å². The number of hydrogen-bond donors (Lipinski definition) is 0. The van der Waals surface area contributed by atoms with Gasteiger partial charge in [-0.2, -0.15) is 5.10 Å². The van der Waals surface area contributed by atoms with Crippen LogP contribution in [0.5, 0.6) is 0 Å². The zero-order valence-corrected chi connectivity index (χ0v) is 8.00. The molecule has 3 nitrogen and oxygen atoms in total. The Morgan fingerprint density at radius 3 is 2.71 bits per heavy atom. The third-order valence-corrected chi connectivity index (χ3v) is 2.16. The van der Waals surface area contributed by atoms with Crippen LogP contribution in [-0.4, -0.2) is 14.8 Å². The number of aromatic nitrogens is 3. The smallest absolute Gasteiger partial charge is 0.137 e. The lowest BCUT2D eigenvalue weighted by Crippen LogP contribution is -1.99. The summed E-state index contributed by atoms with van der Waals surface area (Å²) >= 11 is 0. The van der Waals surface area contributed by atoms with E-state index >= 15 is 0 Å². The summed E-state index contributed by atoms with van der Waals surface area (Å²) in [6.45, 7) is 0.939. The maximum atomic E-state index is 4.05. The first-order valence-electron chi connectivity index (χ1n) is 4.81. The van der Waals surface area contributed by atoms with Gasteiger partial charge in [0.2, 0.25) is 0 Å². The minimum absolute atomic E-state index is 0.939. The maximum Gasteiger partial charge on any atom is 0.137 e. The van der Waals surface area contributed by atoms with Crippen LogP contribution >= 0.6 is 0 Å². The van der Waals surface area contributed by atoms with Crippen molar-refractivity contribution in [3.05, 3.63) is 48.5 Å². The molecule has 3 heteroatoms. The fourth-order valence-electron chi connectivity index (χ4n) is 1.44. The van der Waals surface area contributed by atoms with E-state index in [1.807, 2.05) is 10.7 Å². The van der Waals surface area contributed by atoms with E-state index in [-0.39, 0.29) is 0 Å². The number of rotatable bonds is 4. The van der Waals surface area contributed by atoms with Gasteiger partial charge in [0.05, 0.1) is 0 Å². The van der Waals surface area contributed by atoms with Crippen molar-refractivity contribution < 1.29 is 0 Å². The molecular formula is C11H13N3. The summed E-state index contributed by atoms with van der Waals surface area (Å²) in [5.41, 5.74) is 1.38. The molecule has 14 heavy (non-hydrogen) atoms. The zero-order chi connectivity index (χ0) is 9.64. The molecule has 1 heterocycles. The van der Waals surface area contributed by atoms with Crippen LogP contribution in [0.15, 0.2) is 43.0 Å². The van der Waals surface area contributed by atoms with E-state index in [0.717, 1.165) is 19.4 Å². The second-order valence-corrected chi connectivity index (χ2v) is 3.25. The molecule has 0 saturated carbocycles. The van der Waals surface area contributed by atoms with Crippen molar-refractivity contribution in [2.75, 3.05) is 0 Å². The Kier molecular flexibility index (Phi) is 2.91. The van der Waals surface area contributed by atoms with Gasteiger partial charge in [-0.3, -0.25) is 4.68 Å². The van der Waals surface area contributed by atoms with Crippen LogP contribution in [0.1, 0.15) is 12.0 Å². The van der Waals surface area contributed by atoms with Gasteiger partial charge in [0, 0.05) is 6.54 Å². The van der Waals surface area contributed by atoms with Crippen LogP contribution in [0, 0.1) is 0 Å². The van der Waals surface area contributed by atoms with Gasteiger partial charge in [0.25, 0.3) is 0 Å². The Morgan fingerprint density at radius 2 is 2.00 bits per heavy atom. The molecule has 0 N–H and O–H groups in total. The monoisotopic (exact) mass is 187 g/mol. The zero-order valence-electron chi connectivity index (χ0n) is 8.00. The fourth-order valence-corrected chi connectivity index (χ4v) is 1.44. The van der Waals surface area contributed by atoms with E-state index in [9.17, 15) is 0 Å². The molecule has 0 spiro atoms. The highest BCUT2D eigenvalue weighted by atomic mass is 15.3. The molecule has 0 aliphatic carbocycles. The van der Waals surface area contributed by atoms with E-state index in [1.165, 1.54) is 5.56 Å². The SMILES string of the molecule is c1ccc(CCCn2cncn2)cc1. The average molecular weight is 187 g/mol. The van der Waals surface area contributed by atoms with E-state index in [2.05, 4.69) is 34.3 Å². The predicted octanol–water partition coefficient (Wildman–Crippen LogP) is 1.91. The molecule has 72 valence electrons. The van der Waals surface area contributed by atoms with Crippen molar-refractivity contribution in [2.24, 2.45) is 0 Å². The Labute approximate surface area is 83.4 Å². The van der Waals surface area contributed by atoms with Gasteiger partial charge >= 0.3 is 0 Å². The molecule has 2 rings (SSSR count). The molecule has 0 saturated heterocycles. The van der Waals surface area contributed by atoms with Gasteiger partial charge in [-0.15, -0.1) is 0 Å². The van der Waals surface area contributed by atoms with Crippen LogP contribution in [0.2, 0.25) is 0 Å². The van der Waals surface area contributed by atoms with Gasteiger partial charge in [-0.1, -0.05) is 30.3 Å². The summed E-state index contributed by atoms with van der Waals surface area (Å²) in [5.74, 6) is 0. The van der Waals surface area contributed by atoms with E-state index < -0.39 is 0 Å². The highest BCUT2D eigenvalue weighted by Gasteiger charge is 1.93. The third-order valence-electron chi connectivity index (χ3n) is 2.16. The third kappa shape index (κ3) is 2.42. The molecule has 0 amide bonds. The molecular weight excluding hydrogens is 174 g/mol. The average Bonchev–Trinajstić information content (AvgIpc) is 2.72. The molecule has 1 aromatic carbocycles. The van der Waals surface area contributed by atoms with Crippen LogP contribution in [0.25, 0.3) is 0 Å². The molecule has 1 aromatic heterocycles. The molecule has 0 atom stereocenters. The summed E-state index contributed by atoms with van der Waals surface area (Å²) in [6.07, 6.45) is 5.53. The standard InChI is InChI=1S/C11H13N3/c1-2-5-11(6-3-1)7-4-8-14-10-12-9-13-14/h1-3,5-6,9-10H,4,7-8H2. The van der Waals surface area contributed by atoms with Crippen LogP contribution in [-0.2, 0) is 13.0 Å². The molecule has 2 aromatic rings. The number of nitrogens with zero attached hydrogens (tertiary/aromatic N) is 3. The summed E-state index contributed by atoms with van der Waals surface area (Å²) in [7, 11) is 0. The number of hydrogen-bond acceptors (Lipinski definition) is 2. The van der Waals surface area contributed by atoms with Gasteiger partial charge in [-0.25, -0.2) is 4.98 Å². The minimum atomic E-state index is 0.939. The van der Waals surface area contributed by atoms with Gasteiger partial charge in [0.1, 0.15) is 12.7 Å². The van der Waals surface area contributed by atoms with Crippen LogP contribution < -0.4 is 0 Å². The molecule has 0 aliphatic rings. The maximum absolute atomic E-state index is 4.05. The number of aryl methyl sites for hydroxylation is 2. The van der Waals surface area contributed by atoms with E-state index in [1.54, 1.807) is 12.7 Å². The fraction of sp³-hybridized carbons (Fsp3) is 0.273. The van der Waals surface area contributed by atoms with Gasteiger partial charge < -0.3 is 0 Å². The first-order chi connectivity index (χ1) is 6.95. The Balaban J connectivity index is 1.79. The highest BCUT2D eigenvalue weighted by Crippen LogP contribution is 2.02. The van der Waals surface area contributed by atoms with E-state index in [4.69, 9.17) is 0 Å². The molecule has 0 unspecified atom stereocenters. The minimum Gasteiger partial charge on any atom is -0.253 e. The van der Waals surface area contributed by atoms with Crippen molar-refractivity contribution >= 4 is 0 Å². The Bertz CT molecular complexity index is 353. The topological polar surface area (TPSA) is 30.7 Å². The van der Waals surface area contributed by atoms with Crippen molar-refractivity contribution in [1.82, 2.24) is 14.8 Å². The second kappa shape index (κ2) is 4.56. The largest absolute Gasteiger partial charge is 0.253 e. The predicted molar refractivity (Wildman–Crippen MR) is 54.8 cm³/mol. The van der Waals surface area contributed by atoms with Crippen molar-refractivity contribution in [1.29, 1.82) is 0 Å². The van der Waals surface area contributed by atoms with Crippen LogP contribution in [0.3, 0.4) is 0 Å². The molecule has 0 aliphatic heterocycles. The quantitative estimate of drug-likeness (QED) is 0.732. The first-order valence-corrected chi connectivity index (χ1v) is 4.81. The van der Waals surface area contributed by atoms with Crippen LogP contribution in [0.4, 0.5) is 0 Å². The molecule has 0 radical (unpaired) electrons. The summed E-state index contributed by atoms with van der Waals surface area (Å²) in [6, 6.07) is 10.5. The summed E-state index contributed by atoms with van der Waals surface area (Å²) < 4.78 is 1.86. The lowest BCUT2D eigenvalue weighted by atomic mass is 10.1. The lowest BCUT2D eigenvalue weighted by molar-refractivity contribution is 0.577.